The van der Waals surface area contributed by atoms with Gasteiger partial charge in [-0.1, -0.05) is 18.1 Å². The topological polar surface area (TPSA) is 60.2 Å². The highest BCUT2D eigenvalue weighted by atomic mass is 19.1. The summed E-state index contributed by atoms with van der Waals surface area (Å²) < 4.78 is 38.3. The van der Waals surface area contributed by atoms with Crippen LogP contribution in [0.1, 0.15) is 55.5 Å². The average molecular weight is 351 g/mol. The van der Waals surface area contributed by atoms with Crippen molar-refractivity contribution >= 4 is 0 Å². The molecule has 0 radical (unpaired) electrons. The highest BCUT2D eigenvalue weighted by molar-refractivity contribution is 5.22. The van der Waals surface area contributed by atoms with Gasteiger partial charge in [0, 0.05) is 30.9 Å². The molecule has 5 nitrogen and oxygen atoms in total. The van der Waals surface area contributed by atoms with Gasteiger partial charge in [0.05, 0.1) is 6.04 Å². The van der Waals surface area contributed by atoms with Crippen LogP contribution in [0.3, 0.4) is 0 Å². The highest BCUT2D eigenvalue weighted by Gasteiger charge is 2.32. The SMILES string of the molecule is CC[C@@H](N[C@@H](c1nc(C)no1)C1CCOCC1)c1ccc(F)cc1F. The Morgan fingerprint density at radius 1 is 1.28 bits per heavy atom. The summed E-state index contributed by atoms with van der Waals surface area (Å²) in [6.07, 6.45) is 2.37. The van der Waals surface area contributed by atoms with Crippen molar-refractivity contribution in [1.29, 1.82) is 0 Å². The lowest BCUT2D eigenvalue weighted by Crippen LogP contribution is -2.35. The number of nitrogens with one attached hydrogen (secondary N) is 1. The van der Waals surface area contributed by atoms with Crippen molar-refractivity contribution in [3.63, 3.8) is 0 Å². The second-order valence-corrected chi connectivity index (χ2v) is 6.40. The standard InChI is InChI=1S/C18H23F2N3O2/c1-3-16(14-5-4-13(19)10-15(14)20)22-17(12-6-8-24-9-7-12)18-21-11(2)23-25-18/h4-5,10,12,16-17,22H,3,6-9H2,1-2H3/t16-,17-/m1/s1. The van der Waals surface area contributed by atoms with E-state index in [-0.39, 0.29) is 18.0 Å². The van der Waals surface area contributed by atoms with E-state index in [2.05, 4.69) is 15.5 Å². The first-order valence-corrected chi connectivity index (χ1v) is 8.67. The van der Waals surface area contributed by atoms with E-state index in [1.54, 1.807) is 6.92 Å². The van der Waals surface area contributed by atoms with Gasteiger partial charge in [0.15, 0.2) is 5.82 Å². The Morgan fingerprint density at radius 2 is 2.04 bits per heavy atom. The van der Waals surface area contributed by atoms with Crippen LogP contribution in [0.25, 0.3) is 0 Å². The normalized spacial score (nSPS) is 18.2. The second-order valence-electron chi connectivity index (χ2n) is 6.40. The number of halogens is 2. The van der Waals surface area contributed by atoms with Crippen LogP contribution in [0.4, 0.5) is 8.78 Å². The summed E-state index contributed by atoms with van der Waals surface area (Å²) in [5, 5.41) is 7.35. The number of benzene rings is 1. The van der Waals surface area contributed by atoms with Crippen LogP contribution in [0.15, 0.2) is 22.7 Å². The Kier molecular flexibility index (Phi) is 5.75. The van der Waals surface area contributed by atoms with E-state index >= 15 is 0 Å². The summed E-state index contributed by atoms with van der Waals surface area (Å²) in [5.41, 5.74) is 0.442. The van der Waals surface area contributed by atoms with E-state index in [1.165, 1.54) is 12.1 Å². The third-order valence-corrected chi connectivity index (χ3v) is 4.67. The molecule has 3 rings (SSSR count). The summed E-state index contributed by atoms with van der Waals surface area (Å²) in [6.45, 7) is 5.08. The van der Waals surface area contributed by atoms with Crippen LogP contribution in [0, 0.1) is 24.5 Å². The lowest BCUT2D eigenvalue weighted by Gasteiger charge is -2.32. The van der Waals surface area contributed by atoms with Gasteiger partial charge in [0.1, 0.15) is 11.6 Å². The largest absolute Gasteiger partial charge is 0.381 e. The minimum absolute atomic E-state index is 0.195. The maximum absolute atomic E-state index is 14.2. The molecule has 0 saturated carbocycles. The van der Waals surface area contributed by atoms with E-state index in [4.69, 9.17) is 9.26 Å². The third-order valence-electron chi connectivity index (χ3n) is 4.67. The van der Waals surface area contributed by atoms with Crippen molar-refractivity contribution in [1.82, 2.24) is 15.5 Å². The molecule has 1 N–H and O–H groups in total. The van der Waals surface area contributed by atoms with Gasteiger partial charge in [-0.25, -0.2) is 8.78 Å². The van der Waals surface area contributed by atoms with Crippen LogP contribution < -0.4 is 5.32 Å². The zero-order valence-corrected chi connectivity index (χ0v) is 14.5. The molecule has 7 heteroatoms. The number of ether oxygens (including phenoxy) is 1. The average Bonchev–Trinajstić information content (AvgIpc) is 3.04. The van der Waals surface area contributed by atoms with E-state index in [9.17, 15) is 8.78 Å². The molecule has 1 aliphatic heterocycles. The lowest BCUT2D eigenvalue weighted by atomic mass is 9.90. The number of hydrogen-bond donors (Lipinski definition) is 1. The third kappa shape index (κ3) is 4.22. The molecule has 1 aromatic carbocycles. The predicted octanol–water partition coefficient (Wildman–Crippen LogP) is 3.86. The number of hydrogen-bond acceptors (Lipinski definition) is 5. The Balaban J connectivity index is 1.86. The quantitative estimate of drug-likeness (QED) is 0.856. The number of nitrogens with zero attached hydrogens (tertiary/aromatic N) is 2. The molecule has 1 saturated heterocycles. The maximum atomic E-state index is 14.2. The fraction of sp³-hybridized carbons (Fsp3) is 0.556. The first-order valence-electron chi connectivity index (χ1n) is 8.67. The van der Waals surface area contributed by atoms with Crippen LogP contribution in [0.5, 0.6) is 0 Å². The number of rotatable bonds is 6. The molecule has 0 bridgehead atoms. The molecule has 1 aromatic heterocycles. The minimum Gasteiger partial charge on any atom is -0.381 e. The summed E-state index contributed by atoms with van der Waals surface area (Å²) in [7, 11) is 0. The van der Waals surface area contributed by atoms with Crippen molar-refractivity contribution in [2.45, 2.75) is 45.2 Å². The zero-order chi connectivity index (χ0) is 17.8. The van der Waals surface area contributed by atoms with Crippen molar-refractivity contribution in [3.8, 4) is 0 Å². The van der Waals surface area contributed by atoms with E-state index in [0.717, 1.165) is 18.9 Å². The first kappa shape index (κ1) is 17.9. The van der Waals surface area contributed by atoms with Gasteiger partial charge >= 0.3 is 0 Å². The summed E-state index contributed by atoms with van der Waals surface area (Å²) in [6, 6.07) is 3.22. The maximum Gasteiger partial charge on any atom is 0.244 e. The molecule has 1 fully saturated rings. The molecule has 0 unspecified atom stereocenters. The van der Waals surface area contributed by atoms with Gasteiger partial charge in [0.25, 0.3) is 0 Å². The molecule has 2 atom stereocenters. The molecule has 1 aliphatic rings. The van der Waals surface area contributed by atoms with Gasteiger partial charge in [0.2, 0.25) is 5.89 Å². The van der Waals surface area contributed by atoms with Crippen molar-refractivity contribution in [3.05, 3.63) is 47.1 Å². The molecular formula is C18H23F2N3O2. The summed E-state index contributed by atoms with van der Waals surface area (Å²) in [5.74, 6) is 0.197. The molecule has 25 heavy (non-hydrogen) atoms. The van der Waals surface area contributed by atoms with E-state index in [0.29, 0.717) is 36.9 Å². The highest BCUT2D eigenvalue weighted by Crippen LogP contribution is 2.33. The van der Waals surface area contributed by atoms with Crippen LogP contribution in [-0.4, -0.2) is 23.4 Å². The van der Waals surface area contributed by atoms with Crippen LogP contribution in [0.2, 0.25) is 0 Å². The number of aryl methyl sites for hydroxylation is 1. The summed E-state index contributed by atoms with van der Waals surface area (Å²) >= 11 is 0. The Hall–Kier alpha value is -1.86. The second kappa shape index (κ2) is 8.01. The summed E-state index contributed by atoms with van der Waals surface area (Å²) in [4.78, 5) is 4.37. The fourth-order valence-electron chi connectivity index (χ4n) is 3.33. The molecule has 2 heterocycles. The molecule has 0 spiro atoms. The molecular weight excluding hydrogens is 328 g/mol. The van der Waals surface area contributed by atoms with Gasteiger partial charge < -0.3 is 9.26 Å². The first-order chi connectivity index (χ1) is 12.1. The zero-order valence-electron chi connectivity index (χ0n) is 14.5. The van der Waals surface area contributed by atoms with Crippen LogP contribution >= 0.6 is 0 Å². The van der Waals surface area contributed by atoms with Gasteiger partial charge in [-0.2, -0.15) is 4.98 Å². The van der Waals surface area contributed by atoms with E-state index in [1.807, 2.05) is 6.92 Å². The molecule has 136 valence electrons. The molecule has 0 aliphatic carbocycles. The number of aromatic nitrogens is 2. The van der Waals surface area contributed by atoms with Crippen LogP contribution in [-0.2, 0) is 4.74 Å². The van der Waals surface area contributed by atoms with Gasteiger partial charge in [-0.05, 0) is 38.2 Å². The molecule has 2 aromatic rings. The van der Waals surface area contributed by atoms with Crippen molar-refractivity contribution < 1.29 is 18.0 Å². The lowest BCUT2D eigenvalue weighted by molar-refractivity contribution is 0.0465. The smallest absolute Gasteiger partial charge is 0.244 e. The molecule has 0 amide bonds. The van der Waals surface area contributed by atoms with Crippen molar-refractivity contribution in [2.24, 2.45) is 5.92 Å². The Bertz CT molecular complexity index is 701. The monoisotopic (exact) mass is 351 g/mol. The van der Waals surface area contributed by atoms with Crippen molar-refractivity contribution in [2.75, 3.05) is 13.2 Å². The Morgan fingerprint density at radius 3 is 2.64 bits per heavy atom. The van der Waals surface area contributed by atoms with E-state index < -0.39 is 11.6 Å². The fourth-order valence-corrected chi connectivity index (χ4v) is 3.33. The van der Waals surface area contributed by atoms with Gasteiger partial charge in [-0.3, -0.25) is 5.32 Å². The minimum atomic E-state index is -0.579. The Labute approximate surface area is 145 Å². The van der Waals surface area contributed by atoms with Gasteiger partial charge in [-0.15, -0.1) is 0 Å². The predicted molar refractivity (Wildman–Crippen MR) is 87.8 cm³/mol.